The number of carbonyl (C=O) groups excluding carboxylic acids is 1. The van der Waals surface area contributed by atoms with E-state index in [4.69, 9.17) is 9.47 Å². The Hall–Kier alpha value is -3.31. The van der Waals surface area contributed by atoms with Crippen LogP contribution < -0.4 is 14.8 Å². The summed E-state index contributed by atoms with van der Waals surface area (Å²) in [7, 11) is 0. The number of anilines is 1. The first-order chi connectivity index (χ1) is 15.8. The van der Waals surface area contributed by atoms with Gasteiger partial charge in [0, 0.05) is 11.8 Å². The number of ether oxygens (including phenoxy) is 2. The predicted molar refractivity (Wildman–Crippen MR) is 125 cm³/mol. The maximum absolute atomic E-state index is 13.5. The van der Waals surface area contributed by atoms with Gasteiger partial charge in [-0.3, -0.25) is 9.69 Å². The van der Waals surface area contributed by atoms with Gasteiger partial charge in [0.2, 0.25) is 12.7 Å². The van der Waals surface area contributed by atoms with Crippen LogP contribution in [0.4, 0.5) is 5.69 Å². The summed E-state index contributed by atoms with van der Waals surface area (Å²) in [5.74, 6) is 2.02. The predicted octanol–water partition coefficient (Wildman–Crippen LogP) is 5.05. The van der Waals surface area contributed by atoms with Gasteiger partial charge in [-0.25, -0.2) is 0 Å². The lowest BCUT2D eigenvalue weighted by Gasteiger charge is -2.37. The monoisotopic (exact) mass is 428 g/mol. The molecule has 5 rings (SSSR count). The Balaban J connectivity index is 1.29. The Morgan fingerprint density at radius 2 is 1.59 bits per heavy atom. The molecule has 1 atom stereocenters. The van der Waals surface area contributed by atoms with Crippen LogP contribution >= 0.6 is 0 Å². The third-order valence-corrected chi connectivity index (χ3v) is 6.39. The fraction of sp³-hybridized carbons (Fsp3) is 0.296. The first-order valence-corrected chi connectivity index (χ1v) is 11.3. The van der Waals surface area contributed by atoms with Crippen molar-refractivity contribution in [3.63, 3.8) is 0 Å². The van der Waals surface area contributed by atoms with Crippen LogP contribution in [-0.4, -0.2) is 30.7 Å². The van der Waals surface area contributed by atoms with Gasteiger partial charge in [-0.05, 0) is 61.5 Å². The number of carbonyl (C=O) groups is 1. The number of hydrogen-bond acceptors (Lipinski definition) is 4. The molecule has 2 heterocycles. The normalized spacial score (nSPS) is 17.1. The zero-order chi connectivity index (χ0) is 21.8. The first-order valence-electron chi connectivity index (χ1n) is 11.3. The van der Waals surface area contributed by atoms with Crippen LogP contribution in [0.25, 0.3) is 0 Å². The second-order valence-electron chi connectivity index (χ2n) is 8.54. The summed E-state index contributed by atoms with van der Waals surface area (Å²) >= 11 is 0. The van der Waals surface area contributed by atoms with Gasteiger partial charge in [0.05, 0.1) is 0 Å². The van der Waals surface area contributed by atoms with E-state index in [0.29, 0.717) is 17.4 Å². The lowest BCUT2D eigenvalue weighted by molar-refractivity contribution is -0.122. The summed E-state index contributed by atoms with van der Waals surface area (Å²) in [6, 6.07) is 26.0. The molecule has 1 amide bonds. The molecule has 0 aliphatic carbocycles. The van der Waals surface area contributed by atoms with E-state index in [1.165, 1.54) is 5.56 Å². The second-order valence-corrected chi connectivity index (χ2v) is 8.54. The average Bonchev–Trinajstić information content (AvgIpc) is 3.30. The van der Waals surface area contributed by atoms with Gasteiger partial charge in [0.1, 0.15) is 6.04 Å². The van der Waals surface area contributed by atoms with Gasteiger partial charge in [-0.15, -0.1) is 0 Å². The molecule has 1 saturated heterocycles. The molecular weight excluding hydrogens is 400 g/mol. The van der Waals surface area contributed by atoms with Crippen LogP contribution in [-0.2, 0) is 11.2 Å². The molecule has 164 valence electrons. The maximum Gasteiger partial charge on any atom is 0.246 e. The van der Waals surface area contributed by atoms with Crippen molar-refractivity contribution in [3.8, 4) is 11.5 Å². The van der Waals surface area contributed by atoms with Gasteiger partial charge >= 0.3 is 0 Å². The van der Waals surface area contributed by atoms with E-state index >= 15 is 0 Å². The van der Waals surface area contributed by atoms with Crippen molar-refractivity contribution in [1.82, 2.24) is 4.90 Å². The van der Waals surface area contributed by atoms with Crippen molar-refractivity contribution < 1.29 is 14.3 Å². The van der Waals surface area contributed by atoms with Crippen molar-refractivity contribution in [1.29, 1.82) is 0 Å². The highest BCUT2D eigenvalue weighted by Gasteiger charge is 2.31. The number of likely N-dealkylation sites (tertiary alicyclic amines) is 1. The SMILES string of the molecule is O=C(Nc1ccc2c(c1)OCO2)C(c1ccccc1)N1CCC(Cc2ccccc2)CC1. The van der Waals surface area contributed by atoms with E-state index in [9.17, 15) is 4.79 Å². The van der Waals surface area contributed by atoms with Crippen LogP contribution in [0.5, 0.6) is 11.5 Å². The van der Waals surface area contributed by atoms with Gasteiger partial charge in [0.25, 0.3) is 0 Å². The molecule has 5 nitrogen and oxygen atoms in total. The maximum atomic E-state index is 13.5. The molecule has 5 heteroatoms. The van der Waals surface area contributed by atoms with E-state index in [1.807, 2.05) is 48.5 Å². The van der Waals surface area contributed by atoms with E-state index in [-0.39, 0.29) is 18.7 Å². The number of rotatable bonds is 6. The minimum Gasteiger partial charge on any atom is -0.454 e. The van der Waals surface area contributed by atoms with Gasteiger partial charge in [-0.2, -0.15) is 0 Å². The summed E-state index contributed by atoms with van der Waals surface area (Å²) in [5, 5.41) is 3.10. The smallest absolute Gasteiger partial charge is 0.246 e. The van der Waals surface area contributed by atoms with E-state index in [0.717, 1.165) is 43.6 Å². The number of amides is 1. The van der Waals surface area contributed by atoms with Crippen LogP contribution in [0, 0.1) is 5.92 Å². The van der Waals surface area contributed by atoms with E-state index < -0.39 is 0 Å². The average molecular weight is 429 g/mol. The topological polar surface area (TPSA) is 50.8 Å². The molecule has 3 aromatic carbocycles. The Labute approximate surface area is 189 Å². The number of benzene rings is 3. The quantitative estimate of drug-likeness (QED) is 0.597. The molecule has 0 spiro atoms. The minimum absolute atomic E-state index is 0.0171. The van der Waals surface area contributed by atoms with Gasteiger partial charge in [0.15, 0.2) is 11.5 Å². The molecule has 0 saturated carbocycles. The van der Waals surface area contributed by atoms with Crippen LogP contribution in [0.15, 0.2) is 78.9 Å². The fourth-order valence-electron chi connectivity index (χ4n) is 4.71. The zero-order valence-electron chi connectivity index (χ0n) is 18.1. The van der Waals surface area contributed by atoms with Crippen molar-refractivity contribution in [2.45, 2.75) is 25.3 Å². The fourth-order valence-corrected chi connectivity index (χ4v) is 4.71. The molecule has 3 aromatic rings. The Morgan fingerprint density at radius 3 is 2.34 bits per heavy atom. The summed E-state index contributed by atoms with van der Waals surface area (Å²) in [6.45, 7) is 2.04. The Kier molecular flexibility index (Phi) is 6.08. The Bertz CT molecular complexity index is 1050. The molecule has 0 bridgehead atoms. The molecule has 1 N–H and O–H groups in total. The van der Waals surface area contributed by atoms with Crippen molar-refractivity contribution >= 4 is 11.6 Å². The number of hydrogen-bond donors (Lipinski definition) is 1. The molecule has 2 aliphatic heterocycles. The molecule has 0 aromatic heterocycles. The van der Waals surface area contributed by atoms with Gasteiger partial charge in [-0.1, -0.05) is 60.7 Å². The highest BCUT2D eigenvalue weighted by molar-refractivity contribution is 5.95. The molecule has 32 heavy (non-hydrogen) atoms. The summed E-state index contributed by atoms with van der Waals surface area (Å²) in [4.78, 5) is 15.8. The molecule has 1 fully saturated rings. The summed E-state index contributed by atoms with van der Waals surface area (Å²) in [6.07, 6.45) is 3.29. The summed E-state index contributed by atoms with van der Waals surface area (Å²) < 4.78 is 10.8. The minimum atomic E-state index is -0.320. The van der Waals surface area contributed by atoms with Crippen LogP contribution in [0.2, 0.25) is 0 Å². The molecular formula is C27H28N2O3. The van der Waals surface area contributed by atoms with E-state index in [1.54, 1.807) is 0 Å². The summed E-state index contributed by atoms with van der Waals surface area (Å²) in [5.41, 5.74) is 3.14. The largest absolute Gasteiger partial charge is 0.454 e. The molecule has 2 aliphatic rings. The zero-order valence-corrected chi connectivity index (χ0v) is 18.1. The second kappa shape index (κ2) is 9.45. The van der Waals surface area contributed by atoms with Crippen molar-refractivity contribution in [2.75, 3.05) is 25.2 Å². The standard InChI is InChI=1S/C27H28N2O3/c30-27(28-23-11-12-24-25(18-23)32-19-31-24)26(22-9-5-2-6-10-22)29-15-13-21(14-16-29)17-20-7-3-1-4-8-20/h1-12,18,21,26H,13-17,19H2,(H,28,30). The number of nitrogens with zero attached hydrogens (tertiary/aromatic N) is 1. The lowest BCUT2D eigenvalue weighted by Crippen LogP contribution is -2.42. The van der Waals surface area contributed by atoms with Crippen molar-refractivity contribution in [3.05, 3.63) is 90.0 Å². The third kappa shape index (κ3) is 4.63. The number of nitrogens with one attached hydrogen (secondary N) is 1. The third-order valence-electron chi connectivity index (χ3n) is 6.39. The van der Waals surface area contributed by atoms with E-state index in [2.05, 4.69) is 40.5 Å². The number of fused-ring (bicyclic) bond motifs is 1. The highest BCUT2D eigenvalue weighted by Crippen LogP contribution is 2.35. The molecule has 0 radical (unpaired) electrons. The first kappa shape index (κ1) is 20.6. The molecule has 1 unspecified atom stereocenters. The highest BCUT2D eigenvalue weighted by atomic mass is 16.7. The number of piperidine rings is 1. The lowest BCUT2D eigenvalue weighted by atomic mass is 9.89. The van der Waals surface area contributed by atoms with Crippen LogP contribution in [0.1, 0.15) is 30.0 Å². The van der Waals surface area contributed by atoms with Gasteiger partial charge < -0.3 is 14.8 Å². The Morgan fingerprint density at radius 1 is 0.906 bits per heavy atom. The van der Waals surface area contributed by atoms with Crippen molar-refractivity contribution in [2.24, 2.45) is 5.92 Å². The van der Waals surface area contributed by atoms with Crippen LogP contribution in [0.3, 0.4) is 0 Å².